The first-order chi connectivity index (χ1) is 40.1. The number of amides is 4. The van der Waals surface area contributed by atoms with Crippen LogP contribution in [0, 0.1) is 24.2 Å². The van der Waals surface area contributed by atoms with Crippen molar-refractivity contribution in [3.05, 3.63) is 141 Å². The van der Waals surface area contributed by atoms with Gasteiger partial charge in [-0.05, 0) is 116 Å². The van der Waals surface area contributed by atoms with Crippen molar-refractivity contribution in [2.45, 2.75) is 137 Å². The van der Waals surface area contributed by atoms with E-state index >= 15 is 0 Å². The van der Waals surface area contributed by atoms with Crippen molar-refractivity contribution in [1.82, 2.24) is 30.5 Å². The third kappa shape index (κ3) is 15.8. The summed E-state index contributed by atoms with van der Waals surface area (Å²) in [7, 11) is 0. The average molecular weight is 1180 g/mol. The Labute approximate surface area is 497 Å². The fourth-order valence-corrected chi connectivity index (χ4v) is 13.1. The van der Waals surface area contributed by atoms with Gasteiger partial charge < -0.3 is 35.0 Å². The second-order valence-corrected chi connectivity index (χ2v) is 25.0. The van der Waals surface area contributed by atoms with Crippen molar-refractivity contribution >= 4 is 84.1 Å². The lowest BCUT2D eigenvalue weighted by atomic mass is 9.85. The monoisotopic (exact) mass is 1180 g/mol. The first-order valence-corrected chi connectivity index (χ1v) is 31.1. The molecule has 0 unspecified atom stereocenters. The molecule has 1 saturated heterocycles. The molecule has 5 heterocycles. The standard InChI is InChI=1S/C64H72N8O8S3/c1-6-79-61(78)55-53(83-63(69-55)71-34-33-44-19-16-20-48(49(44)39-71)58(75)70-62-67-50-21-14-15-22-52(50)82-62)23-17-35-80-47-31-27-42(28-32-47)18-12-10-8-7-9-11-13-24-54(74)68-57(64(3,4)5)60(77)72-38-46(73)36-51(72)59(76)65-37-43-25-29-45(30-26-43)56-41(2)66-40-81-56/h14-16,19-22,25-32,40,46,51,57,73H,6-11,13,17,23-24,33-39H2,1-5H3,(H,65,76)(H,68,74)(H,67,70,75)/t46-,51+,57-/m1/s1. The number of hydrogen-bond donors (Lipinski definition) is 4. The van der Waals surface area contributed by atoms with E-state index in [4.69, 9.17) is 14.5 Å². The summed E-state index contributed by atoms with van der Waals surface area (Å²) in [4.78, 5) is 86.9. The Morgan fingerprint density at radius 3 is 2.43 bits per heavy atom. The molecule has 4 aromatic carbocycles. The first-order valence-electron chi connectivity index (χ1n) is 28.6. The number of anilines is 2. The highest BCUT2D eigenvalue weighted by Gasteiger charge is 2.44. The van der Waals surface area contributed by atoms with E-state index in [0.29, 0.717) is 60.5 Å². The number of unbranched alkanes of at least 4 members (excludes halogenated alkanes) is 5. The van der Waals surface area contributed by atoms with Gasteiger partial charge in [0, 0.05) is 61.4 Å². The molecule has 0 bridgehead atoms. The Morgan fingerprint density at radius 1 is 0.892 bits per heavy atom. The van der Waals surface area contributed by atoms with Gasteiger partial charge >= 0.3 is 5.97 Å². The summed E-state index contributed by atoms with van der Waals surface area (Å²) in [6, 6.07) is 27.6. The number of carbonyl (C=O) groups is 5. The Hall–Kier alpha value is -7.50. The molecule has 1 fully saturated rings. The van der Waals surface area contributed by atoms with E-state index in [-0.39, 0.29) is 56.2 Å². The summed E-state index contributed by atoms with van der Waals surface area (Å²) in [5.74, 6) is 5.68. The second-order valence-electron chi connectivity index (χ2n) is 22.0. The molecular formula is C64H72N8O8S3. The van der Waals surface area contributed by atoms with Gasteiger partial charge in [0.25, 0.3) is 5.91 Å². The molecule has 83 heavy (non-hydrogen) atoms. The van der Waals surface area contributed by atoms with Crippen LogP contribution in [-0.2, 0) is 45.1 Å². The zero-order valence-electron chi connectivity index (χ0n) is 47.8. The number of likely N-dealkylation sites (tertiary alicyclic amines) is 1. The molecule has 0 spiro atoms. The van der Waals surface area contributed by atoms with E-state index in [9.17, 15) is 29.1 Å². The number of aryl methyl sites for hydroxylation is 2. The first kappa shape index (κ1) is 60.1. The molecule has 434 valence electrons. The number of thiazole rings is 3. The van der Waals surface area contributed by atoms with Crippen LogP contribution >= 0.6 is 34.0 Å². The fraction of sp³-hybridized carbons (Fsp3) is 0.406. The van der Waals surface area contributed by atoms with Gasteiger partial charge in [0.1, 0.15) is 17.8 Å². The summed E-state index contributed by atoms with van der Waals surface area (Å²) < 4.78 is 12.5. The molecule has 4 N–H and O–H groups in total. The third-order valence-corrected chi connectivity index (χ3v) is 17.9. The molecule has 19 heteroatoms. The van der Waals surface area contributed by atoms with Crippen molar-refractivity contribution in [2.24, 2.45) is 5.41 Å². The molecule has 16 nitrogen and oxygen atoms in total. The van der Waals surface area contributed by atoms with Gasteiger partial charge in [0.05, 0.1) is 45.6 Å². The van der Waals surface area contributed by atoms with Gasteiger partial charge in [0.15, 0.2) is 16.0 Å². The molecule has 0 aliphatic carbocycles. The Bertz CT molecular complexity index is 3430. The maximum Gasteiger partial charge on any atom is 0.358 e. The quantitative estimate of drug-likeness (QED) is 0.0268. The lowest BCUT2D eigenvalue weighted by Gasteiger charge is -2.35. The second kappa shape index (κ2) is 28.2. The number of nitrogens with one attached hydrogen (secondary N) is 3. The molecule has 4 amide bonds. The topological polar surface area (TPSA) is 205 Å². The number of nitrogens with zero attached hydrogens (tertiary/aromatic N) is 5. The molecule has 0 radical (unpaired) electrons. The largest absolute Gasteiger partial charge is 0.494 e. The van der Waals surface area contributed by atoms with E-state index in [1.807, 2.05) is 118 Å². The van der Waals surface area contributed by atoms with Gasteiger partial charge in [-0.15, -0.1) is 22.7 Å². The Morgan fingerprint density at radius 2 is 1.67 bits per heavy atom. The van der Waals surface area contributed by atoms with E-state index in [1.165, 1.54) is 27.6 Å². The maximum absolute atomic E-state index is 14.1. The minimum atomic E-state index is -0.867. The van der Waals surface area contributed by atoms with Gasteiger partial charge in [0.2, 0.25) is 17.7 Å². The van der Waals surface area contributed by atoms with Crippen molar-refractivity contribution in [3.8, 4) is 28.0 Å². The highest BCUT2D eigenvalue weighted by molar-refractivity contribution is 7.22. The number of aliphatic hydroxyl groups excluding tert-OH is 1. The summed E-state index contributed by atoms with van der Waals surface area (Å²) in [5.41, 5.74) is 8.83. The van der Waals surface area contributed by atoms with Crippen molar-refractivity contribution < 1.29 is 38.6 Å². The molecule has 3 atom stereocenters. The van der Waals surface area contributed by atoms with Crippen LogP contribution in [0.15, 0.2) is 96.5 Å². The number of para-hydroxylation sites is 1. The normalized spacial score (nSPS) is 15.3. The Balaban J connectivity index is 0.669. The number of esters is 1. The number of rotatable bonds is 23. The number of benzene rings is 4. The van der Waals surface area contributed by atoms with Crippen LogP contribution in [0.4, 0.5) is 10.3 Å². The molecule has 2 aliphatic heterocycles. The number of aliphatic hydroxyl groups is 1. The molecule has 7 aromatic rings. The van der Waals surface area contributed by atoms with Crippen LogP contribution in [0.3, 0.4) is 0 Å². The maximum atomic E-state index is 14.1. The van der Waals surface area contributed by atoms with Gasteiger partial charge in [-0.25, -0.2) is 19.7 Å². The van der Waals surface area contributed by atoms with Gasteiger partial charge in [-0.2, -0.15) is 0 Å². The van der Waals surface area contributed by atoms with Crippen molar-refractivity contribution in [1.29, 1.82) is 0 Å². The van der Waals surface area contributed by atoms with E-state index in [1.54, 1.807) is 18.3 Å². The average Bonchev–Trinajstić information content (AvgIpc) is 4.23. The number of ether oxygens (including phenoxy) is 2. The molecule has 2 aliphatic rings. The highest BCUT2D eigenvalue weighted by atomic mass is 32.1. The fourth-order valence-electron chi connectivity index (χ4n) is 10.3. The van der Waals surface area contributed by atoms with Gasteiger partial charge in [-0.3, -0.25) is 24.5 Å². The lowest BCUT2D eigenvalue weighted by molar-refractivity contribution is -0.144. The van der Waals surface area contributed by atoms with E-state index < -0.39 is 29.6 Å². The predicted octanol–water partition coefficient (Wildman–Crippen LogP) is 11.1. The van der Waals surface area contributed by atoms with Crippen LogP contribution in [0.25, 0.3) is 20.7 Å². The summed E-state index contributed by atoms with van der Waals surface area (Å²) in [6.07, 6.45) is 6.71. The zero-order chi connectivity index (χ0) is 58.5. The lowest BCUT2D eigenvalue weighted by Crippen LogP contribution is -2.57. The van der Waals surface area contributed by atoms with Gasteiger partial charge in [-0.1, -0.05) is 112 Å². The summed E-state index contributed by atoms with van der Waals surface area (Å²) in [5, 5.41) is 20.8. The highest BCUT2D eigenvalue weighted by Crippen LogP contribution is 2.35. The zero-order valence-corrected chi connectivity index (χ0v) is 50.2. The van der Waals surface area contributed by atoms with Crippen LogP contribution in [0.5, 0.6) is 5.75 Å². The summed E-state index contributed by atoms with van der Waals surface area (Å²) in [6.45, 7) is 11.6. The van der Waals surface area contributed by atoms with E-state index in [0.717, 1.165) is 97.8 Å². The Kier molecular flexibility index (Phi) is 20.4. The molecule has 9 rings (SSSR count). The smallest absolute Gasteiger partial charge is 0.358 e. The number of fused-ring (bicyclic) bond motifs is 2. The minimum absolute atomic E-state index is 0.0220. The minimum Gasteiger partial charge on any atom is -0.494 e. The van der Waals surface area contributed by atoms with Crippen molar-refractivity contribution in [3.63, 3.8) is 0 Å². The number of hydrogen-bond acceptors (Lipinski definition) is 15. The SMILES string of the molecule is CCOC(=O)c1nc(N2CCc3cccc(C(=O)Nc4nc5ccccc5s4)c3C2)sc1CCCOc1ccc(C#CCCCCCCCC(=O)N[C@H](C(=O)N2C[C@H](O)C[C@H]2C(=O)NCc2ccc(-c3scnc3C)cc2)C(C)(C)C)cc1. The van der Waals surface area contributed by atoms with Crippen molar-refractivity contribution in [2.75, 3.05) is 36.5 Å². The molecule has 3 aromatic heterocycles. The number of aromatic nitrogens is 3. The van der Waals surface area contributed by atoms with Crippen LogP contribution in [0.1, 0.15) is 139 Å². The van der Waals surface area contributed by atoms with Crippen LogP contribution < -0.4 is 25.6 Å². The molecular weight excluding hydrogens is 1100 g/mol. The molecule has 0 saturated carbocycles. The summed E-state index contributed by atoms with van der Waals surface area (Å²) >= 11 is 4.50. The predicted molar refractivity (Wildman–Crippen MR) is 328 cm³/mol. The third-order valence-electron chi connectivity index (χ3n) is 14.8. The van der Waals surface area contributed by atoms with E-state index in [2.05, 4.69) is 48.7 Å². The number of carbonyl (C=O) groups excluding carboxylic acids is 5. The number of β-amino-alcohol motifs (C(OH)–C–C–N with tert-alkyl or cyclic N) is 1. The van der Waals surface area contributed by atoms with Crippen LogP contribution in [-0.4, -0.2) is 99.0 Å². The van der Waals surface area contributed by atoms with Crippen LogP contribution in [0.2, 0.25) is 0 Å².